The Kier molecular flexibility index (Phi) is 5.14. The van der Waals surface area contributed by atoms with Gasteiger partial charge < -0.3 is 34.9 Å². The summed E-state index contributed by atoms with van der Waals surface area (Å²) in [5.74, 6) is 0. The van der Waals surface area contributed by atoms with Crippen LogP contribution in [0.4, 0.5) is 18.9 Å². The molecule has 0 aliphatic carbocycles. The monoisotopic (exact) mass is 391 g/mol. The number of rotatable bonds is 3. The number of aliphatic hydroxyl groups excluding tert-OH is 4. The van der Waals surface area contributed by atoms with Crippen LogP contribution in [0.5, 0.6) is 0 Å². The summed E-state index contributed by atoms with van der Waals surface area (Å²) in [6, 6.07) is 2.48. The van der Waals surface area contributed by atoms with Gasteiger partial charge in [-0.3, -0.25) is 0 Å². The van der Waals surface area contributed by atoms with Crippen LogP contribution in [0, 0.1) is 0 Å². The van der Waals surface area contributed by atoms with Crippen LogP contribution in [0.1, 0.15) is 5.56 Å². The fourth-order valence-electron chi connectivity index (χ4n) is 2.93. The molecule has 2 aromatic rings. The van der Waals surface area contributed by atoms with E-state index in [0.29, 0.717) is 6.07 Å². The van der Waals surface area contributed by atoms with Crippen molar-refractivity contribution < 1.29 is 42.8 Å². The molecule has 1 saturated heterocycles. The third-order valence-corrected chi connectivity index (χ3v) is 4.28. The first-order valence-corrected chi connectivity index (χ1v) is 7.84. The molecule has 1 fully saturated rings. The maximum absolute atomic E-state index is 13.1. The standard InChI is InChI=1S/C16H16F3NO7/c17-16(18,19)8-4-11(22)26-9-3-6(1-2-7(8)9)20-12-14(24)13(23)10(5-21)27-15(12)25/h1-4,10,12-15,20-21,23-25H,5H2. The number of hydrogen-bond acceptors (Lipinski definition) is 8. The number of nitrogens with one attached hydrogen (secondary N) is 1. The topological polar surface area (TPSA) is 132 Å². The molecule has 0 radical (unpaired) electrons. The van der Waals surface area contributed by atoms with Crippen molar-refractivity contribution in [2.45, 2.75) is 36.8 Å². The summed E-state index contributed by atoms with van der Waals surface area (Å²) in [6.07, 6.45) is -10.6. The minimum atomic E-state index is -4.75. The predicted octanol–water partition coefficient (Wildman–Crippen LogP) is 0.0236. The number of halogens is 3. The molecule has 1 aliphatic rings. The van der Waals surface area contributed by atoms with E-state index < -0.39 is 54.6 Å². The number of hydrogen-bond donors (Lipinski definition) is 5. The first-order valence-electron chi connectivity index (χ1n) is 7.84. The zero-order chi connectivity index (χ0) is 19.9. The summed E-state index contributed by atoms with van der Waals surface area (Å²) >= 11 is 0. The van der Waals surface area contributed by atoms with E-state index in [4.69, 9.17) is 14.3 Å². The molecule has 5 unspecified atom stereocenters. The third-order valence-electron chi connectivity index (χ3n) is 4.28. The quantitative estimate of drug-likeness (QED) is 0.463. The number of ether oxygens (including phenoxy) is 1. The highest BCUT2D eigenvalue weighted by Gasteiger charge is 2.43. The van der Waals surface area contributed by atoms with E-state index in [-0.39, 0.29) is 16.7 Å². The maximum atomic E-state index is 13.1. The van der Waals surface area contributed by atoms with Gasteiger partial charge in [0.1, 0.15) is 29.9 Å². The number of fused-ring (bicyclic) bond motifs is 1. The van der Waals surface area contributed by atoms with Gasteiger partial charge in [0.15, 0.2) is 6.29 Å². The predicted molar refractivity (Wildman–Crippen MR) is 84.9 cm³/mol. The Bertz CT molecular complexity index is 884. The number of alkyl halides is 3. The lowest BCUT2D eigenvalue weighted by Crippen LogP contribution is -2.61. The zero-order valence-corrected chi connectivity index (χ0v) is 13.6. The number of aliphatic hydroxyl groups is 4. The smallest absolute Gasteiger partial charge is 0.417 e. The highest BCUT2D eigenvalue weighted by atomic mass is 19.4. The van der Waals surface area contributed by atoms with E-state index in [9.17, 15) is 33.3 Å². The second-order valence-corrected chi connectivity index (χ2v) is 6.09. The van der Waals surface area contributed by atoms with Crippen molar-refractivity contribution in [2.24, 2.45) is 0 Å². The minimum absolute atomic E-state index is 0.103. The molecule has 5 N–H and O–H groups in total. The summed E-state index contributed by atoms with van der Waals surface area (Å²) in [5, 5.41) is 41.2. The van der Waals surface area contributed by atoms with E-state index in [1.807, 2.05) is 0 Å². The molecule has 11 heteroatoms. The van der Waals surface area contributed by atoms with Crippen LogP contribution in [-0.4, -0.2) is 57.7 Å². The molecule has 8 nitrogen and oxygen atoms in total. The summed E-state index contributed by atoms with van der Waals surface area (Å²) in [5.41, 5.74) is -2.59. The van der Waals surface area contributed by atoms with Crippen molar-refractivity contribution in [3.05, 3.63) is 40.2 Å². The van der Waals surface area contributed by atoms with E-state index in [1.165, 1.54) is 6.07 Å². The summed E-state index contributed by atoms with van der Waals surface area (Å²) < 4.78 is 49.0. The van der Waals surface area contributed by atoms with Gasteiger partial charge in [-0.05, 0) is 12.1 Å². The summed E-state index contributed by atoms with van der Waals surface area (Å²) in [6.45, 7) is -0.636. The van der Waals surface area contributed by atoms with Crippen LogP contribution in [0.15, 0.2) is 33.5 Å². The molecule has 0 spiro atoms. The SMILES string of the molecule is O=c1cc(C(F)(F)F)c2ccc(NC3C(O)OC(CO)C(O)C3O)cc2o1. The van der Waals surface area contributed by atoms with Gasteiger partial charge in [0.05, 0.1) is 12.2 Å². The highest BCUT2D eigenvalue weighted by molar-refractivity contribution is 5.84. The van der Waals surface area contributed by atoms with Gasteiger partial charge in [-0.2, -0.15) is 13.2 Å². The van der Waals surface area contributed by atoms with Crippen molar-refractivity contribution in [3.8, 4) is 0 Å². The lowest BCUT2D eigenvalue weighted by atomic mass is 9.96. The van der Waals surface area contributed by atoms with Crippen LogP contribution in [0.2, 0.25) is 0 Å². The van der Waals surface area contributed by atoms with Crippen LogP contribution in [-0.2, 0) is 10.9 Å². The third kappa shape index (κ3) is 3.77. The van der Waals surface area contributed by atoms with Crippen LogP contribution in [0.3, 0.4) is 0 Å². The molecule has 148 valence electrons. The van der Waals surface area contributed by atoms with E-state index in [1.54, 1.807) is 0 Å². The zero-order valence-electron chi connectivity index (χ0n) is 13.6. The van der Waals surface area contributed by atoms with Crippen LogP contribution >= 0.6 is 0 Å². The largest absolute Gasteiger partial charge is 0.423 e. The molecule has 0 bridgehead atoms. The fraction of sp³-hybridized carbons (Fsp3) is 0.438. The molecule has 1 aromatic carbocycles. The molecule has 0 saturated carbocycles. The average molecular weight is 391 g/mol. The average Bonchev–Trinajstić information content (AvgIpc) is 2.60. The van der Waals surface area contributed by atoms with Crippen molar-refractivity contribution in [1.29, 1.82) is 0 Å². The number of benzene rings is 1. The first kappa shape index (κ1) is 19.6. The molecule has 27 heavy (non-hydrogen) atoms. The van der Waals surface area contributed by atoms with E-state index in [0.717, 1.165) is 12.1 Å². The summed E-state index contributed by atoms with van der Waals surface area (Å²) in [7, 11) is 0. The Hall–Kier alpha value is -2.18. The van der Waals surface area contributed by atoms with E-state index >= 15 is 0 Å². The Labute approximate surface area is 149 Å². The van der Waals surface area contributed by atoms with Gasteiger partial charge in [-0.1, -0.05) is 0 Å². The van der Waals surface area contributed by atoms with Crippen molar-refractivity contribution in [3.63, 3.8) is 0 Å². The molecule has 3 rings (SSSR count). The highest BCUT2D eigenvalue weighted by Crippen LogP contribution is 2.35. The Morgan fingerprint density at radius 1 is 1.11 bits per heavy atom. The molecular weight excluding hydrogens is 375 g/mol. The second-order valence-electron chi connectivity index (χ2n) is 6.09. The van der Waals surface area contributed by atoms with Crippen molar-refractivity contribution in [1.82, 2.24) is 0 Å². The Morgan fingerprint density at radius 3 is 2.44 bits per heavy atom. The minimum Gasteiger partial charge on any atom is -0.423 e. The molecule has 1 aliphatic heterocycles. The van der Waals surface area contributed by atoms with Gasteiger partial charge in [0.25, 0.3) is 0 Å². The number of anilines is 1. The summed E-state index contributed by atoms with van der Waals surface area (Å²) in [4.78, 5) is 11.4. The van der Waals surface area contributed by atoms with Crippen molar-refractivity contribution in [2.75, 3.05) is 11.9 Å². The van der Waals surface area contributed by atoms with Gasteiger partial charge in [-0.25, -0.2) is 4.79 Å². The second kappa shape index (κ2) is 7.09. The molecular formula is C16H16F3NO7. The van der Waals surface area contributed by atoms with Gasteiger partial charge in [-0.15, -0.1) is 0 Å². The lowest BCUT2D eigenvalue weighted by Gasteiger charge is -2.40. The Morgan fingerprint density at radius 2 is 1.81 bits per heavy atom. The Balaban J connectivity index is 1.93. The molecule has 0 amide bonds. The van der Waals surface area contributed by atoms with Gasteiger partial charge >= 0.3 is 11.8 Å². The molecule has 2 heterocycles. The lowest BCUT2D eigenvalue weighted by molar-refractivity contribution is -0.245. The van der Waals surface area contributed by atoms with Gasteiger partial charge in [0, 0.05) is 23.2 Å². The first-order chi connectivity index (χ1) is 12.6. The van der Waals surface area contributed by atoms with Gasteiger partial charge in [0.2, 0.25) is 0 Å². The van der Waals surface area contributed by atoms with Crippen LogP contribution in [0.25, 0.3) is 11.0 Å². The van der Waals surface area contributed by atoms with E-state index in [2.05, 4.69) is 5.32 Å². The van der Waals surface area contributed by atoms with Crippen molar-refractivity contribution >= 4 is 16.7 Å². The van der Waals surface area contributed by atoms with Crippen LogP contribution < -0.4 is 10.9 Å². The maximum Gasteiger partial charge on any atom is 0.417 e. The molecule has 5 atom stereocenters. The molecule has 1 aromatic heterocycles. The normalized spacial score (nSPS) is 29.1. The fourth-order valence-corrected chi connectivity index (χ4v) is 2.93.